The highest BCUT2D eigenvalue weighted by molar-refractivity contribution is 5.15. The second-order valence-corrected chi connectivity index (χ2v) is 4.17. The van der Waals surface area contributed by atoms with Crippen LogP contribution < -0.4 is 0 Å². The lowest BCUT2D eigenvalue weighted by molar-refractivity contribution is -0.182. The second-order valence-electron chi connectivity index (χ2n) is 4.17. The van der Waals surface area contributed by atoms with Gasteiger partial charge >= 0.3 is 6.18 Å². The number of nitrogens with zero attached hydrogens (tertiary/aromatic N) is 1. The minimum Gasteiger partial charge on any atom is -0.283 e. The fourth-order valence-corrected chi connectivity index (χ4v) is 1.85. The second kappa shape index (κ2) is 7.01. The Hall–Kier alpha value is -1.73. The van der Waals surface area contributed by atoms with Crippen molar-refractivity contribution in [1.29, 1.82) is 0 Å². The predicted molar refractivity (Wildman–Crippen MR) is 70.3 cm³/mol. The van der Waals surface area contributed by atoms with Crippen LogP contribution in [0.2, 0.25) is 0 Å². The van der Waals surface area contributed by atoms with Gasteiger partial charge in [0.2, 0.25) is 0 Å². The Labute approximate surface area is 111 Å². The van der Waals surface area contributed by atoms with Crippen LogP contribution >= 0.6 is 0 Å². The van der Waals surface area contributed by atoms with Crippen LogP contribution in [0, 0.1) is 12.3 Å². The summed E-state index contributed by atoms with van der Waals surface area (Å²) in [6.45, 7) is 3.84. The first kappa shape index (κ1) is 15.3. The van der Waals surface area contributed by atoms with E-state index < -0.39 is 12.2 Å². The van der Waals surface area contributed by atoms with Crippen LogP contribution in [0.25, 0.3) is 0 Å². The van der Waals surface area contributed by atoms with Crippen molar-refractivity contribution in [2.45, 2.75) is 25.2 Å². The average Bonchev–Trinajstić information content (AvgIpc) is 2.35. The first-order valence-corrected chi connectivity index (χ1v) is 5.88. The SMILES string of the molecule is C#CCC(N(CC=C)Cc1ccccc1)C(F)(F)F. The van der Waals surface area contributed by atoms with Crippen molar-refractivity contribution in [2.24, 2.45) is 0 Å². The highest BCUT2D eigenvalue weighted by atomic mass is 19.4. The third-order valence-corrected chi connectivity index (χ3v) is 2.72. The molecule has 0 radical (unpaired) electrons. The van der Waals surface area contributed by atoms with Crippen molar-refractivity contribution in [3.63, 3.8) is 0 Å². The van der Waals surface area contributed by atoms with Gasteiger partial charge in [-0.1, -0.05) is 36.4 Å². The maximum atomic E-state index is 13.0. The summed E-state index contributed by atoms with van der Waals surface area (Å²) in [4.78, 5) is 1.29. The van der Waals surface area contributed by atoms with E-state index in [0.717, 1.165) is 5.56 Å². The Balaban J connectivity index is 2.91. The molecule has 0 aromatic heterocycles. The van der Waals surface area contributed by atoms with Gasteiger partial charge in [-0.25, -0.2) is 0 Å². The normalized spacial score (nSPS) is 13.0. The van der Waals surface area contributed by atoms with Crippen molar-refractivity contribution in [1.82, 2.24) is 4.90 Å². The summed E-state index contributed by atoms with van der Waals surface area (Å²) < 4.78 is 39.0. The van der Waals surface area contributed by atoms with Crippen molar-refractivity contribution in [3.8, 4) is 12.3 Å². The quantitative estimate of drug-likeness (QED) is 0.562. The Kier molecular flexibility index (Phi) is 5.65. The smallest absolute Gasteiger partial charge is 0.283 e. The van der Waals surface area contributed by atoms with Gasteiger partial charge in [-0.15, -0.1) is 18.9 Å². The molecule has 0 aliphatic heterocycles. The molecule has 1 atom stereocenters. The van der Waals surface area contributed by atoms with Crippen molar-refractivity contribution in [3.05, 3.63) is 48.6 Å². The zero-order chi connectivity index (χ0) is 14.3. The fraction of sp³-hybridized carbons (Fsp3) is 0.333. The van der Waals surface area contributed by atoms with E-state index in [9.17, 15) is 13.2 Å². The molecule has 1 aromatic rings. The molecule has 0 aliphatic rings. The van der Waals surface area contributed by atoms with Gasteiger partial charge in [-0.3, -0.25) is 4.90 Å². The van der Waals surface area contributed by atoms with Gasteiger partial charge in [0, 0.05) is 19.5 Å². The molecular formula is C15H16F3N. The molecule has 0 saturated carbocycles. The van der Waals surface area contributed by atoms with E-state index in [2.05, 4.69) is 12.5 Å². The molecule has 1 rings (SSSR count). The summed E-state index contributed by atoms with van der Waals surface area (Å²) in [5, 5.41) is 0. The van der Waals surface area contributed by atoms with Crippen molar-refractivity contribution < 1.29 is 13.2 Å². The molecule has 4 heteroatoms. The number of benzene rings is 1. The Morgan fingerprint density at radius 3 is 2.42 bits per heavy atom. The fourth-order valence-electron chi connectivity index (χ4n) is 1.85. The highest BCUT2D eigenvalue weighted by Gasteiger charge is 2.42. The average molecular weight is 267 g/mol. The molecular weight excluding hydrogens is 251 g/mol. The van der Waals surface area contributed by atoms with Gasteiger partial charge in [0.05, 0.1) is 0 Å². The molecule has 0 amide bonds. The minimum atomic E-state index is -4.34. The van der Waals surface area contributed by atoms with Gasteiger partial charge < -0.3 is 0 Å². The maximum Gasteiger partial charge on any atom is 0.405 e. The summed E-state index contributed by atoms with van der Waals surface area (Å²) in [5.41, 5.74) is 0.815. The van der Waals surface area contributed by atoms with E-state index in [1.165, 1.54) is 11.0 Å². The summed E-state index contributed by atoms with van der Waals surface area (Å²) in [7, 11) is 0. The summed E-state index contributed by atoms with van der Waals surface area (Å²) in [6.07, 6.45) is 1.81. The van der Waals surface area contributed by atoms with Crippen LogP contribution in [0.3, 0.4) is 0 Å². The summed E-state index contributed by atoms with van der Waals surface area (Å²) >= 11 is 0. The Bertz CT molecular complexity index is 431. The summed E-state index contributed by atoms with van der Waals surface area (Å²) in [5.74, 6) is 2.10. The molecule has 1 nitrogen and oxygen atoms in total. The minimum absolute atomic E-state index is 0.140. The van der Waals surface area contributed by atoms with Gasteiger partial charge in [0.25, 0.3) is 0 Å². The van der Waals surface area contributed by atoms with Gasteiger partial charge in [-0.2, -0.15) is 13.2 Å². The van der Waals surface area contributed by atoms with E-state index >= 15 is 0 Å². The molecule has 0 N–H and O–H groups in total. The Morgan fingerprint density at radius 2 is 1.95 bits per heavy atom. The lowest BCUT2D eigenvalue weighted by Gasteiger charge is -2.31. The van der Waals surface area contributed by atoms with Crippen LogP contribution in [-0.4, -0.2) is 23.7 Å². The van der Waals surface area contributed by atoms with Crippen molar-refractivity contribution in [2.75, 3.05) is 6.54 Å². The molecule has 0 saturated heterocycles. The standard InChI is InChI=1S/C15H16F3N/c1-3-8-14(15(16,17)18)19(11-4-2)12-13-9-6-5-7-10-13/h1,4-7,9-10,14H,2,8,11-12H2. The maximum absolute atomic E-state index is 13.0. The third-order valence-electron chi connectivity index (χ3n) is 2.72. The molecule has 19 heavy (non-hydrogen) atoms. The van der Waals surface area contributed by atoms with E-state index in [4.69, 9.17) is 6.42 Å². The largest absolute Gasteiger partial charge is 0.405 e. The van der Waals surface area contributed by atoms with Crippen LogP contribution in [0.5, 0.6) is 0 Å². The van der Waals surface area contributed by atoms with E-state index in [1.54, 1.807) is 24.3 Å². The Morgan fingerprint density at radius 1 is 1.32 bits per heavy atom. The number of hydrogen-bond donors (Lipinski definition) is 0. The molecule has 102 valence electrons. The van der Waals surface area contributed by atoms with Gasteiger partial charge in [0.15, 0.2) is 0 Å². The monoisotopic (exact) mass is 267 g/mol. The number of halogens is 3. The molecule has 0 bridgehead atoms. The molecule has 0 fully saturated rings. The zero-order valence-electron chi connectivity index (χ0n) is 10.5. The third kappa shape index (κ3) is 4.80. The topological polar surface area (TPSA) is 3.24 Å². The molecule has 1 aromatic carbocycles. The van der Waals surface area contributed by atoms with Gasteiger partial charge in [-0.05, 0) is 5.56 Å². The van der Waals surface area contributed by atoms with E-state index in [-0.39, 0.29) is 19.5 Å². The van der Waals surface area contributed by atoms with Crippen LogP contribution in [0.4, 0.5) is 13.2 Å². The van der Waals surface area contributed by atoms with Gasteiger partial charge in [0.1, 0.15) is 6.04 Å². The molecule has 0 spiro atoms. The van der Waals surface area contributed by atoms with Crippen LogP contribution in [-0.2, 0) is 6.54 Å². The number of hydrogen-bond acceptors (Lipinski definition) is 1. The van der Waals surface area contributed by atoms with Crippen LogP contribution in [0.1, 0.15) is 12.0 Å². The lowest BCUT2D eigenvalue weighted by Crippen LogP contribution is -2.45. The predicted octanol–water partition coefficient (Wildman–Crippen LogP) is 3.63. The van der Waals surface area contributed by atoms with E-state index in [1.807, 2.05) is 6.07 Å². The number of alkyl halides is 3. The lowest BCUT2D eigenvalue weighted by atomic mass is 10.1. The molecule has 1 unspecified atom stereocenters. The molecule has 0 aliphatic carbocycles. The first-order valence-electron chi connectivity index (χ1n) is 5.88. The highest BCUT2D eigenvalue weighted by Crippen LogP contribution is 2.28. The number of terminal acetylenes is 1. The van der Waals surface area contributed by atoms with Crippen LogP contribution in [0.15, 0.2) is 43.0 Å². The van der Waals surface area contributed by atoms with Crippen molar-refractivity contribution >= 4 is 0 Å². The summed E-state index contributed by atoms with van der Waals surface area (Å²) in [6, 6.07) is 7.36. The zero-order valence-corrected chi connectivity index (χ0v) is 10.5. The molecule has 0 heterocycles. The van der Waals surface area contributed by atoms with E-state index in [0.29, 0.717) is 0 Å². The first-order chi connectivity index (χ1) is 8.99. The number of rotatable bonds is 6.